The number of likely N-dealkylation sites (N-methyl/N-ethyl adjacent to an activating group) is 1. The van der Waals surface area contributed by atoms with Crippen molar-refractivity contribution in [3.8, 4) is 11.5 Å². The van der Waals surface area contributed by atoms with Crippen LogP contribution in [0.1, 0.15) is 11.6 Å². The van der Waals surface area contributed by atoms with Crippen LogP contribution in [0.3, 0.4) is 0 Å². The summed E-state index contributed by atoms with van der Waals surface area (Å²) in [6.07, 6.45) is 0. The zero-order valence-electron chi connectivity index (χ0n) is 18.0. The third-order valence-electron chi connectivity index (χ3n) is 5.35. The fourth-order valence-corrected chi connectivity index (χ4v) is 3.66. The van der Waals surface area contributed by atoms with E-state index in [2.05, 4.69) is 10.2 Å². The van der Waals surface area contributed by atoms with Crippen molar-refractivity contribution in [3.05, 3.63) is 54.1 Å². The van der Waals surface area contributed by atoms with Gasteiger partial charge >= 0.3 is 0 Å². The van der Waals surface area contributed by atoms with Gasteiger partial charge in [0.25, 0.3) is 0 Å². The smallest absolute Gasteiger partial charge is 0.239 e. The molecule has 1 aliphatic heterocycles. The summed E-state index contributed by atoms with van der Waals surface area (Å²) >= 11 is 0. The van der Waals surface area contributed by atoms with Crippen molar-refractivity contribution in [3.63, 3.8) is 0 Å². The van der Waals surface area contributed by atoms with Gasteiger partial charge in [-0.25, -0.2) is 0 Å². The lowest BCUT2D eigenvalue weighted by Gasteiger charge is -2.35. The first-order valence-corrected chi connectivity index (χ1v) is 10.2. The average Bonchev–Trinajstić information content (AvgIpc) is 2.80. The second kappa shape index (κ2) is 10.8. The molecule has 1 N–H and O–H groups in total. The van der Waals surface area contributed by atoms with E-state index in [1.165, 1.54) is 0 Å². The van der Waals surface area contributed by atoms with Gasteiger partial charge < -0.3 is 24.4 Å². The number of hydrogen-bond acceptors (Lipinski definition) is 6. The van der Waals surface area contributed by atoms with E-state index < -0.39 is 0 Å². The summed E-state index contributed by atoms with van der Waals surface area (Å²) < 4.78 is 16.4. The van der Waals surface area contributed by atoms with Crippen LogP contribution in [0.5, 0.6) is 11.5 Å². The van der Waals surface area contributed by atoms with E-state index in [0.717, 1.165) is 24.3 Å². The number of benzene rings is 2. The van der Waals surface area contributed by atoms with Crippen molar-refractivity contribution in [2.24, 2.45) is 0 Å². The van der Waals surface area contributed by atoms with Crippen LogP contribution in [0, 0.1) is 0 Å². The minimum absolute atomic E-state index is 0.0138. The number of carbonyl (C=O) groups excluding carboxylic acids is 1. The van der Waals surface area contributed by atoms with Gasteiger partial charge in [0, 0.05) is 32.4 Å². The molecule has 1 aliphatic rings. The van der Waals surface area contributed by atoms with E-state index in [4.69, 9.17) is 14.2 Å². The van der Waals surface area contributed by atoms with Gasteiger partial charge in [-0.05, 0) is 29.8 Å². The minimum Gasteiger partial charge on any atom is -0.493 e. The highest BCUT2D eigenvalue weighted by Crippen LogP contribution is 2.32. The number of hydrogen-bond donors (Lipinski definition) is 1. The third kappa shape index (κ3) is 5.64. The molecule has 1 amide bonds. The van der Waals surface area contributed by atoms with Crippen LogP contribution >= 0.6 is 0 Å². The zero-order chi connectivity index (χ0) is 21.3. The number of methoxy groups -OCH3 is 2. The first kappa shape index (κ1) is 21.9. The largest absolute Gasteiger partial charge is 0.493 e. The Kier molecular flexibility index (Phi) is 7.93. The molecule has 1 atom stereocenters. The van der Waals surface area contributed by atoms with Crippen LogP contribution in [0.25, 0.3) is 0 Å². The molecule has 1 fully saturated rings. The molecular formula is C23H31N3O4. The van der Waals surface area contributed by atoms with Crippen molar-refractivity contribution in [1.29, 1.82) is 0 Å². The lowest BCUT2D eigenvalue weighted by molar-refractivity contribution is -0.120. The van der Waals surface area contributed by atoms with Gasteiger partial charge in [-0.3, -0.25) is 9.69 Å². The molecule has 0 aliphatic carbocycles. The summed E-state index contributed by atoms with van der Waals surface area (Å²) in [5.74, 6) is 1.36. The Morgan fingerprint density at radius 1 is 1.10 bits per heavy atom. The Morgan fingerprint density at radius 2 is 1.80 bits per heavy atom. The maximum Gasteiger partial charge on any atom is 0.239 e. The summed E-state index contributed by atoms with van der Waals surface area (Å²) in [5, 5.41) is 3.11. The molecule has 0 spiro atoms. The molecular weight excluding hydrogens is 382 g/mol. The molecule has 0 aromatic heterocycles. The minimum atomic E-state index is -0.0138. The topological polar surface area (TPSA) is 63.3 Å². The summed E-state index contributed by atoms with van der Waals surface area (Å²) in [6, 6.07) is 15.8. The first-order chi connectivity index (χ1) is 14.6. The Hall–Kier alpha value is -2.77. The molecule has 30 heavy (non-hydrogen) atoms. The van der Waals surface area contributed by atoms with Crippen LogP contribution in [-0.2, 0) is 9.53 Å². The first-order valence-electron chi connectivity index (χ1n) is 10.2. The number of morpholine rings is 1. The Balaban J connectivity index is 1.69. The predicted octanol–water partition coefficient (Wildman–Crippen LogP) is 2.33. The fourth-order valence-electron chi connectivity index (χ4n) is 3.66. The monoisotopic (exact) mass is 413 g/mol. The maximum atomic E-state index is 12.6. The molecule has 2 aromatic carbocycles. The molecule has 1 heterocycles. The number of para-hydroxylation sites is 1. The number of carbonyl (C=O) groups is 1. The van der Waals surface area contributed by atoms with E-state index in [1.807, 2.05) is 60.5 Å². The summed E-state index contributed by atoms with van der Waals surface area (Å²) in [4.78, 5) is 16.9. The number of amides is 1. The molecule has 7 nitrogen and oxygen atoms in total. The average molecular weight is 414 g/mol. The summed E-state index contributed by atoms with van der Waals surface area (Å²) in [7, 11) is 5.18. The van der Waals surface area contributed by atoms with Crippen LogP contribution in [0.15, 0.2) is 48.5 Å². The van der Waals surface area contributed by atoms with E-state index in [1.54, 1.807) is 14.2 Å². The molecule has 3 rings (SSSR count). The number of anilines is 1. The lowest BCUT2D eigenvalue weighted by Crippen LogP contribution is -2.45. The van der Waals surface area contributed by atoms with Gasteiger partial charge in [0.05, 0.1) is 40.0 Å². The number of nitrogens with one attached hydrogen (secondary N) is 1. The van der Waals surface area contributed by atoms with Crippen LogP contribution in [0.4, 0.5) is 5.69 Å². The zero-order valence-corrected chi connectivity index (χ0v) is 18.0. The van der Waals surface area contributed by atoms with Gasteiger partial charge in [-0.1, -0.05) is 24.3 Å². The quantitative estimate of drug-likeness (QED) is 0.681. The summed E-state index contributed by atoms with van der Waals surface area (Å²) in [5.41, 5.74) is 2.09. The van der Waals surface area contributed by atoms with Gasteiger partial charge in [-0.15, -0.1) is 0 Å². The number of nitrogens with zero attached hydrogens (tertiary/aromatic N) is 2. The van der Waals surface area contributed by atoms with Crippen LogP contribution < -0.4 is 19.7 Å². The van der Waals surface area contributed by atoms with Crippen molar-refractivity contribution in [2.75, 3.05) is 65.6 Å². The van der Waals surface area contributed by atoms with E-state index in [0.29, 0.717) is 37.8 Å². The Labute approximate surface area is 178 Å². The number of ether oxygens (including phenoxy) is 3. The van der Waals surface area contributed by atoms with Crippen molar-refractivity contribution in [1.82, 2.24) is 10.2 Å². The van der Waals surface area contributed by atoms with Gasteiger partial charge in [0.2, 0.25) is 5.91 Å². The molecule has 7 heteroatoms. The van der Waals surface area contributed by atoms with Crippen molar-refractivity contribution >= 4 is 11.6 Å². The highest BCUT2D eigenvalue weighted by atomic mass is 16.5. The normalized spacial score (nSPS) is 15.3. The van der Waals surface area contributed by atoms with Crippen LogP contribution in [0.2, 0.25) is 0 Å². The fraction of sp³-hybridized carbons (Fsp3) is 0.435. The van der Waals surface area contributed by atoms with Crippen molar-refractivity contribution in [2.45, 2.75) is 6.04 Å². The summed E-state index contributed by atoms with van der Waals surface area (Å²) in [6.45, 7) is 3.82. The number of rotatable bonds is 9. The van der Waals surface area contributed by atoms with E-state index in [9.17, 15) is 4.79 Å². The van der Waals surface area contributed by atoms with Gasteiger partial charge in [0.1, 0.15) is 0 Å². The van der Waals surface area contributed by atoms with Gasteiger partial charge in [-0.2, -0.15) is 0 Å². The molecule has 0 saturated carbocycles. The van der Waals surface area contributed by atoms with Crippen molar-refractivity contribution < 1.29 is 19.0 Å². The highest BCUT2D eigenvalue weighted by Gasteiger charge is 2.24. The second-order valence-corrected chi connectivity index (χ2v) is 7.27. The van der Waals surface area contributed by atoms with E-state index >= 15 is 0 Å². The van der Waals surface area contributed by atoms with Gasteiger partial charge in [0.15, 0.2) is 11.5 Å². The third-order valence-corrected chi connectivity index (χ3v) is 5.35. The highest BCUT2D eigenvalue weighted by molar-refractivity contribution is 5.81. The predicted molar refractivity (Wildman–Crippen MR) is 117 cm³/mol. The molecule has 2 aromatic rings. The lowest BCUT2D eigenvalue weighted by atomic mass is 10.0. The molecule has 0 radical (unpaired) electrons. The Morgan fingerprint density at radius 3 is 2.47 bits per heavy atom. The molecule has 1 unspecified atom stereocenters. The molecule has 1 saturated heterocycles. The second-order valence-electron chi connectivity index (χ2n) is 7.27. The van der Waals surface area contributed by atoms with E-state index in [-0.39, 0.29) is 11.9 Å². The maximum absolute atomic E-state index is 12.6. The Bertz CT molecular complexity index is 809. The molecule has 0 bridgehead atoms. The SMILES string of the molecule is COc1ccc(C(CNC(=O)CN(C)c2ccccc2)N2CCOCC2)cc1OC. The standard InChI is InChI=1S/C23H31N3O4/c1-25(19-7-5-4-6-8-19)17-23(27)24-16-20(26-11-13-30-14-12-26)18-9-10-21(28-2)22(15-18)29-3/h4-10,15,20H,11-14,16-17H2,1-3H3,(H,24,27). The van der Waals surface area contributed by atoms with Crippen LogP contribution in [-0.4, -0.2) is 71.5 Å². The molecule has 162 valence electrons.